The van der Waals surface area contributed by atoms with Crippen LogP contribution in [0.5, 0.6) is 0 Å². The molecule has 0 aromatic rings. The Morgan fingerprint density at radius 3 is 0.723 bits per heavy atom. The van der Waals surface area contributed by atoms with Crippen molar-refractivity contribution in [3.05, 3.63) is 49.6 Å². The fraction of sp³-hybridized carbons (Fsp3) is 0.600. The van der Waals surface area contributed by atoms with Gasteiger partial charge in [0.05, 0.1) is 78.2 Å². The summed E-state index contributed by atoms with van der Waals surface area (Å²) in [7, 11) is 7.49. The Bertz CT molecular complexity index is 1190. The van der Waals surface area contributed by atoms with Crippen LogP contribution in [0.1, 0.15) is 19.3 Å². The second-order valence-corrected chi connectivity index (χ2v) is 12.2. The third-order valence-electron chi connectivity index (χ3n) is 10.2. The van der Waals surface area contributed by atoms with Gasteiger partial charge in [0.15, 0.2) is 0 Å². The van der Waals surface area contributed by atoms with Crippen LogP contribution in [0.15, 0.2) is 49.6 Å². The number of esters is 6. The summed E-state index contributed by atoms with van der Waals surface area (Å²) in [5.41, 5.74) is 0. The van der Waals surface area contributed by atoms with E-state index in [1.54, 1.807) is 36.5 Å². The monoisotopic (exact) mass is 658 g/mol. The molecule has 0 aromatic carbocycles. The second kappa shape index (κ2) is 16.6. The molecular weight excluding hydrogens is 612 g/mol. The predicted octanol–water partition coefficient (Wildman–Crippen LogP) is 3.11. The molecule has 12 atom stereocenters. The van der Waals surface area contributed by atoms with Crippen molar-refractivity contribution >= 4 is 35.8 Å². The lowest BCUT2D eigenvalue weighted by Gasteiger charge is -2.22. The van der Waals surface area contributed by atoms with E-state index in [0.29, 0.717) is 19.3 Å². The van der Waals surface area contributed by atoms with Gasteiger partial charge in [0.25, 0.3) is 0 Å². The molecule has 47 heavy (non-hydrogen) atoms. The molecule has 0 aromatic heterocycles. The van der Waals surface area contributed by atoms with Gasteiger partial charge < -0.3 is 28.4 Å². The summed E-state index contributed by atoms with van der Waals surface area (Å²) in [6.07, 6.45) is 11.6. The number of methoxy groups -OCH3 is 6. The third kappa shape index (κ3) is 7.52. The third-order valence-corrected chi connectivity index (χ3v) is 10.2. The summed E-state index contributed by atoms with van der Waals surface area (Å²) in [6, 6.07) is 0. The largest absolute Gasteiger partial charge is 0.469 e. The van der Waals surface area contributed by atoms with Crippen LogP contribution >= 0.6 is 0 Å². The zero-order valence-corrected chi connectivity index (χ0v) is 27.8. The number of allylic oxidation sites excluding steroid dienone is 6. The van der Waals surface area contributed by atoms with Crippen molar-refractivity contribution in [1.82, 2.24) is 0 Å². The van der Waals surface area contributed by atoms with Crippen molar-refractivity contribution in [2.75, 3.05) is 42.7 Å². The topological polar surface area (TPSA) is 158 Å². The zero-order valence-electron chi connectivity index (χ0n) is 27.8. The quantitative estimate of drug-likeness (QED) is 0.172. The second-order valence-electron chi connectivity index (χ2n) is 12.2. The number of rotatable bonds is 12. The standard InChI is InChI=1S/C35H46O12/c1-9-18-15-20(26(32(38)44-5)24(18)30(36)42-3)11-13-22-17-23(29(35(41)47-8)28(22)34(40)46-7)14-12-21-16-19(10-2)25(31(37)43-4)27(21)33(39)45-6/h9-14,18-29H,1-2,15-17H2,3-8H3/b13-11+,14-12+/t18?,19?,20?,21?,22?,23?,24-,25+,26+,27-,28-,29+. The Labute approximate surface area is 275 Å². The summed E-state index contributed by atoms with van der Waals surface area (Å²) < 4.78 is 30.3. The highest BCUT2D eigenvalue weighted by Crippen LogP contribution is 2.49. The normalized spacial score (nSPS) is 34.9. The molecule has 0 saturated heterocycles. The minimum atomic E-state index is -0.924. The fourth-order valence-corrected chi connectivity index (χ4v) is 8.01. The van der Waals surface area contributed by atoms with Crippen LogP contribution in [-0.4, -0.2) is 78.5 Å². The van der Waals surface area contributed by atoms with Gasteiger partial charge in [-0.05, 0) is 54.8 Å². The molecule has 3 aliphatic carbocycles. The molecule has 0 bridgehead atoms. The summed E-state index contributed by atoms with van der Waals surface area (Å²) in [4.78, 5) is 77.6. The molecule has 12 nitrogen and oxygen atoms in total. The van der Waals surface area contributed by atoms with Crippen LogP contribution < -0.4 is 0 Å². The number of carbonyl (C=O) groups excluding carboxylic acids is 6. The predicted molar refractivity (Wildman–Crippen MR) is 167 cm³/mol. The number of carbonyl (C=O) groups is 6. The number of ether oxygens (including phenoxy) is 6. The van der Waals surface area contributed by atoms with Gasteiger partial charge in [-0.2, -0.15) is 0 Å². The van der Waals surface area contributed by atoms with Crippen LogP contribution in [0.2, 0.25) is 0 Å². The maximum Gasteiger partial charge on any atom is 0.310 e. The Hall–Kier alpha value is -4.22. The van der Waals surface area contributed by atoms with Gasteiger partial charge in [-0.3, -0.25) is 28.8 Å². The minimum absolute atomic E-state index is 0.328. The summed E-state index contributed by atoms with van der Waals surface area (Å²) in [5, 5.41) is 0. The first-order valence-electron chi connectivity index (χ1n) is 15.6. The van der Waals surface area contributed by atoms with Gasteiger partial charge in [-0.25, -0.2) is 0 Å². The highest BCUT2D eigenvalue weighted by atomic mass is 16.5. The van der Waals surface area contributed by atoms with Crippen molar-refractivity contribution in [3.63, 3.8) is 0 Å². The maximum atomic E-state index is 13.2. The molecule has 0 aliphatic heterocycles. The van der Waals surface area contributed by atoms with E-state index in [4.69, 9.17) is 28.4 Å². The highest BCUT2D eigenvalue weighted by molar-refractivity contribution is 5.85. The van der Waals surface area contributed by atoms with E-state index in [9.17, 15) is 28.8 Å². The summed E-state index contributed by atoms with van der Waals surface area (Å²) >= 11 is 0. The molecule has 6 unspecified atom stereocenters. The van der Waals surface area contributed by atoms with Gasteiger partial charge >= 0.3 is 35.8 Å². The van der Waals surface area contributed by atoms with E-state index in [-0.39, 0.29) is 11.8 Å². The first-order chi connectivity index (χ1) is 22.5. The maximum absolute atomic E-state index is 13.2. The van der Waals surface area contributed by atoms with Gasteiger partial charge in [0.1, 0.15) is 0 Å². The van der Waals surface area contributed by atoms with E-state index in [1.165, 1.54) is 42.7 Å². The lowest BCUT2D eigenvalue weighted by molar-refractivity contribution is -0.158. The van der Waals surface area contributed by atoms with Crippen molar-refractivity contribution < 1.29 is 57.2 Å². The minimum Gasteiger partial charge on any atom is -0.469 e. The zero-order chi connectivity index (χ0) is 35.0. The van der Waals surface area contributed by atoms with E-state index >= 15 is 0 Å². The molecule has 0 amide bonds. The molecule has 3 rings (SSSR count). The van der Waals surface area contributed by atoms with E-state index in [0.717, 1.165) is 0 Å². The van der Waals surface area contributed by atoms with Crippen molar-refractivity contribution in [3.8, 4) is 0 Å². The summed E-state index contributed by atoms with van der Waals surface area (Å²) in [6.45, 7) is 7.67. The van der Waals surface area contributed by atoms with E-state index in [2.05, 4.69) is 13.2 Å². The SMILES string of the molecule is C=CC1CC(/C=C/C2CC(/C=C/C3CC(C=C)[C@H](C(=O)OC)[C@@H]3C(=O)OC)[C@H](C(=O)OC)[C@@H]2C(=O)OC)[C@H](C(=O)OC)[C@@H]1C(=O)OC. The lowest BCUT2D eigenvalue weighted by Crippen LogP contribution is -2.34. The molecule has 0 N–H and O–H groups in total. The fourth-order valence-electron chi connectivity index (χ4n) is 8.01. The number of hydrogen-bond acceptors (Lipinski definition) is 12. The first kappa shape index (κ1) is 37.2. The molecule has 12 heteroatoms. The lowest BCUT2D eigenvalue weighted by atomic mass is 9.84. The van der Waals surface area contributed by atoms with Crippen LogP contribution in [0, 0.1) is 71.0 Å². The molecular formula is C35H46O12. The smallest absolute Gasteiger partial charge is 0.310 e. The van der Waals surface area contributed by atoms with Crippen LogP contribution in [0.3, 0.4) is 0 Å². The molecule has 3 saturated carbocycles. The molecule has 3 aliphatic rings. The average Bonchev–Trinajstić information content (AvgIpc) is 3.78. The Kier molecular flexibility index (Phi) is 13.1. The average molecular weight is 659 g/mol. The Morgan fingerprint density at radius 1 is 0.383 bits per heavy atom. The van der Waals surface area contributed by atoms with Crippen LogP contribution in [-0.2, 0) is 57.2 Å². The van der Waals surface area contributed by atoms with Crippen molar-refractivity contribution in [2.24, 2.45) is 71.0 Å². The molecule has 3 fully saturated rings. The highest BCUT2D eigenvalue weighted by Gasteiger charge is 2.53. The van der Waals surface area contributed by atoms with Crippen LogP contribution in [0.4, 0.5) is 0 Å². The van der Waals surface area contributed by atoms with E-state index in [1.807, 2.05) is 0 Å². The van der Waals surface area contributed by atoms with Crippen molar-refractivity contribution in [2.45, 2.75) is 19.3 Å². The molecule has 0 radical (unpaired) electrons. The van der Waals surface area contributed by atoms with Crippen molar-refractivity contribution in [1.29, 1.82) is 0 Å². The van der Waals surface area contributed by atoms with Gasteiger partial charge in [-0.1, -0.05) is 36.5 Å². The van der Waals surface area contributed by atoms with Gasteiger partial charge in [0, 0.05) is 0 Å². The van der Waals surface area contributed by atoms with E-state index < -0.39 is 95.0 Å². The Morgan fingerprint density at radius 2 is 0.553 bits per heavy atom. The number of hydrogen-bond donors (Lipinski definition) is 0. The van der Waals surface area contributed by atoms with Gasteiger partial charge in [0.2, 0.25) is 0 Å². The molecule has 258 valence electrons. The summed E-state index contributed by atoms with van der Waals surface area (Å²) in [5.74, 6) is -11.1. The molecule has 0 heterocycles. The Balaban J connectivity index is 2.00. The first-order valence-corrected chi connectivity index (χ1v) is 15.6. The van der Waals surface area contributed by atoms with Gasteiger partial charge in [-0.15, -0.1) is 13.2 Å². The molecule has 0 spiro atoms. The van der Waals surface area contributed by atoms with Crippen LogP contribution in [0.25, 0.3) is 0 Å².